The molecule has 1 aromatic rings. The van der Waals surface area contributed by atoms with Crippen LogP contribution in [0.5, 0.6) is 0 Å². The number of carbonyl (C=O) groups is 2. The van der Waals surface area contributed by atoms with Gasteiger partial charge in [0.15, 0.2) is 5.12 Å². The molecule has 0 spiro atoms. The van der Waals surface area contributed by atoms with Crippen molar-refractivity contribution in [2.75, 3.05) is 7.11 Å². The van der Waals surface area contributed by atoms with E-state index in [0.717, 1.165) is 11.8 Å². The summed E-state index contributed by atoms with van der Waals surface area (Å²) in [7, 11) is 1.32. The van der Waals surface area contributed by atoms with E-state index in [4.69, 9.17) is 0 Å². The van der Waals surface area contributed by atoms with Gasteiger partial charge in [0.25, 0.3) is 0 Å². The molecule has 76 valence electrons. The molecule has 1 rings (SSSR count). The van der Waals surface area contributed by atoms with Crippen molar-refractivity contribution < 1.29 is 14.3 Å². The second-order valence-electron chi connectivity index (χ2n) is 2.45. The van der Waals surface area contributed by atoms with E-state index in [0.29, 0.717) is 17.0 Å². The number of rotatable bonds is 3. The number of hydrogen-bond acceptors (Lipinski definition) is 6. The second kappa shape index (κ2) is 5.11. The highest BCUT2D eigenvalue weighted by molar-refractivity contribution is 8.12. The fraction of sp³-hybridized carbons (Fsp3) is 0.375. The number of nitrogens with zero attached hydrogens (tertiary/aromatic N) is 1. The van der Waals surface area contributed by atoms with E-state index in [2.05, 4.69) is 9.11 Å². The van der Waals surface area contributed by atoms with Gasteiger partial charge < -0.3 is 4.74 Å². The number of methoxy groups -OCH3 is 1. The van der Waals surface area contributed by atoms with Crippen molar-refractivity contribution in [3.8, 4) is 0 Å². The zero-order chi connectivity index (χ0) is 10.6. The lowest BCUT2D eigenvalue weighted by molar-refractivity contribution is -0.109. The molecule has 0 aliphatic heterocycles. The molecule has 0 fully saturated rings. The molecule has 1 aromatic heterocycles. The topological polar surface area (TPSA) is 56.3 Å². The van der Waals surface area contributed by atoms with Crippen molar-refractivity contribution in [3.05, 3.63) is 16.6 Å². The third-order valence-corrected chi connectivity index (χ3v) is 2.95. The van der Waals surface area contributed by atoms with Crippen molar-refractivity contribution in [3.63, 3.8) is 0 Å². The van der Waals surface area contributed by atoms with Gasteiger partial charge in [0.2, 0.25) is 0 Å². The first kappa shape index (κ1) is 11.2. The van der Waals surface area contributed by atoms with Gasteiger partial charge in [0.05, 0.1) is 18.4 Å². The molecule has 4 nitrogen and oxygen atoms in total. The highest BCUT2D eigenvalue weighted by atomic mass is 32.2. The molecule has 0 N–H and O–H groups in total. The van der Waals surface area contributed by atoms with Gasteiger partial charge in [-0.1, -0.05) is 11.8 Å². The van der Waals surface area contributed by atoms with E-state index in [1.807, 2.05) is 0 Å². The van der Waals surface area contributed by atoms with Crippen molar-refractivity contribution in [1.82, 2.24) is 4.37 Å². The van der Waals surface area contributed by atoms with Crippen LogP contribution in [0.1, 0.15) is 23.0 Å². The van der Waals surface area contributed by atoms with E-state index in [9.17, 15) is 9.59 Å². The Labute approximate surface area is 89.8 Å². The fourth-order valence-electron chi connectivity index (χ4n) is 0.810. The molecule has 0 aliphatic rings. The number of hydrogen-bond donors (Lipinski definition) is 0. The van der Waals surface area contributed by atoms with Gasteiger partial charge in [-0.2, -0.15) is 4.37 Å². The Morgan fingerprint density at radius 3 is 2.93 bits per heavy atom. The average Bonchev–Trinajstić information content (AvgIpc) is 2.61. The standard InChI is InChI=1S/C8H9NO3S2/c1-5(10)13-4-7-6(3-14-9-7)8(11)12-2/h3H,4H2,1-2H3. The van der Waals surface area contributed by atoms with Crippen LogP contribution >= 0.6 is 23.3 Å². The van der Waals surface area contributed by atoms with Crippen molar-refractivity contribution in [2.24, 2.45) is 0 Å². The second-order valence-corrected chi connectivity index (χ2v) is 4.23. The molecule has 6 heteroatoms. The molecular formula is C8H9NO3S2. The third-order valence-electron chi connectivity index (χ3n) is 1.46. The summed E-state index contributed by atoms with van der Waals surface area (Å²) in [5, 5.41) is 1.64. The Hall–Kier alpha value is -0.880. The van der Waals surface area contributed by atoms with Crippen LogP contribution in [-0.2, 0) is 15.3 Å². The van der Waals surface area contributed by atoms with Crippen molar-refractivity contribution >= 4 is 34.4 Å². The van der Waals surface area contributed by atoms with Crippen LogP contribution in [0.15, 0.2) is 5.38 Å². The molecule has 0 bridgehead atoms. The van der Waals surface area contributed by atoms with E-state index < -0.39 is 5.97 Å². The van der Waals surface area contributed by atoms with E-state index >= 15 is 0 Å². The van der Waals surface area contributed by atoms with E-state index in [1.165, 1.54) is 25.6 Å². The smallest absolute Gasteiger partial charge is 0.340 e. The maximum absolute atomic E-state index is 11.2. The summed E-state index contributed by atoms with van der Waals surface area (Å²) in [5.74, 6) is 0.0152. The van der Waals surface area contributed by atoms with Crippen LogP contribution in [0.4, 0.5) is 0 Å². The minimum Gasteiger partial charge on any atom is -0.465 e. The Kier molecular flexibility index (Phi) is 4.09. The van der Waals surface area contributed by atoms with E-state index in [-0.39, 0.29) is 5.12 Å². The molecule has 1 heterocycles. The molecule has 0 unspecified atom stereocenters. The molecule has 0 aromatic carbocycles. The molecule has 0 saturated heterocycles. The molecule has 0 atom stereocenters. The highest BCUT2D eigenvalue weighted by Crippen LogP contribution is 2.18. The van der Waals surface area contributed by atoms with Gasteiger partial charge in [0.1, 0.15) is 0 Å². The zero-order valence-corrected chi connectivity index (χ0v) is 9.41. The maximum Gasteiger partial charge on any atom is 0.340 e. The van der Waals surface area contributed by atoms with Gasteiger partial charge in [0, 0.05) is 18.1 Å². The SMILES string of the molecule is COC(=O)c1csnc1CSC(C)=O. The van der Waals surface area contributed by atoms with Crippen LogP contribution in [0.2, 0.25) is 0 Å². The van der Waals surface area contributed by atoms with Crippen molar-refractivity contribution in [1.29, 1.82) is 0 Å². The first-order chi connectivity index (χ1) is 6.65. The maximum atomic E-state index is 11.2. The van der Waals surface area contributed by atoms with Gasteiger partial charge in [-0.3, -0.25) is 4.79 Å². The lowest BCUT2D eigenvalue weighted by Gasteiger charge is -1.98. The molecular weight excluding hydrogens is 222 g/mol. The average molecular weight is 231 g/mol. The monoisotopic (exact) mass is 231 g/mol. The molecule has 0 radical (unpaired) electrons. The van der Waals surface area contributed by atoms with Gasteiger partial charge >= 0.3 is 5.97 Å². The minimum absolute atomic E-state index is 0.00816. The summed E-state index contributed by atoms with van der Waals surface area (Å²) in [5.41, 5.74) is 1.06. The Bertz CT molecular complexity index is 348. The predicted molar refractivity (Wildman–Crippen MR) is 55.4 cm³/mol. The summed E-state index contributed by atoms with van der Waals surface area (Å²) in [6, 6.07) is 0. The normalized spacial score (nSPS) is 9.86. The molecule has 14 heavy (non-hydrogen) atoms. The number of thioether (sulfide) groups is 1. The largest absolute Gasteiger partial charge is 0.465 e. The first-order valence-electron chi connectivity index (χ1n) is 3.80. The Balaban J connectivity index is 2.72. The predicted octanol–water partition coefficient (Wildman–Crippen LogP) is 1.71. The van der Waals surface area contributed by atoms with Gasteiger partial charge in [-0.15, -0.1) is 0 Å². The summed E-state index contributed by atoms with van der Waals surface area (Å²) in [6.07, 6.45) is 0. The minimum atomic E-state index is -0.405. The summed E-state index contributed by atoms with van der Waals surface area (Å²) >= 11 is 2.31. The van der Waals surface area contributed by atoms with Gasteiger partial charge in [-0.25, -0.2) is 4.79 Å². The molecule has 0 saturated carbocycles. The summed E-state index contributed by atoms with van der Waals surface area (Å²) in [4.78, 5) is 21.9. The van der Waals surface area contributed by atoms with Crippen LogP contribution < -0.4 is 0 Å². The molecule has 0 amide bonds. The van der Waals surface area contributed by atoms with Crippen LogP contribution in [0, 0.1) is 0 Å². The third kappa shape index (κ3) is 2.81. The van der Waals surface area contributed by atoms with Crippen LogP contribution in [0.3, 0.4) is 0 Å². The zero-order valence-electron chi connectivity index (χ0n) is 7.77. The fourth-order valence-corrected chi connectivity index (χ4v) is 2.13. The Morgan fingerprint density at radius 1 is 1.64 bits per heavy atom. The Morgan fingerprint density at radius 2 is 2.36 bits per heavy atom. The van der Waals surface area contributed by atoms with Crippen LogP contribution in [-0.4, -0.2) is 22.6 Å². The number of aromatic nitrogens is 1. The lowest BCUT2D eigenvalue weighted by atomic mass is 10.3. The summed E-state index contributed by atoms with van der Waals surface area (Å²) < 4.78 is 8.60. The quantitative estimate of drug-likeness (QED) is 0.741. The van der Waals surface area contributed by atoms with E-state index in [1.54, 1.807) is 5.38 Å². The van der Waals surface area contributed by atoms with Crippen molar-refractivity contribution in [2.45, 2.75) is 12.7 Å². The highest BCUT2D eigenvalue weighted by Gasteiger charge is 2.14. The van der Waals surface area contributed by atoms with Crippen LogP contribution in [0.25, 0.3) is 0 Å². The van der Waals surface area contributed by atoms with Gasteiger partial charge in [-0.05, 0) is 11.5 Å². The number of carbonyl (C=O) groups excluding carboxylic acids is 2. The number of ether oxygens (including phenoxy) is 1. The first-order valence-corrected chi connectivity index (χ1v) is 5.62. The lowest BCUT2D eigenvalue weighted by Crippen LogP contribution is -2.03. The molecule has 0 aliphatic carbocycles. The summed E-state index contributed by atoms with van der Waals surface area (Å²) in [6.45, 7) is 1.48. The number of esters is 1.